The van der Waals surface area contributed by atoms with Gasteiger partial charge in [0, 0.05) is 5.56 Å². The summed E-state index contributed by atoms with van der Waals surface area (Å²) < 4.78 is 86.6. The van der Waals surface area contributed by atoms with Gasteiger partial charge in [0.05, 0.1) is 7.11 Å². The predicted molar refractivity (Wildman–Crippen MR) is 117 cm³/mol. The second-order valence-corrected chi connectivity index (χ2v) is 6.90. The number of ether oxygens (including phenoxy) is 3. The monoisotopic (exact) mass is 480 g/mol. The van der Waals surface area contributed by atoms with Gasteiger partial charge in [-0.25, -0.2) is 0 Å². The van der Waals surface area contributed by atoms with Crippen LogP contribution in [-0.2, 0) is 0 Å². The van der Waals surface area contributed by atoms with Gasteiger partial charge in [-0.1, -0.05) is 60.7 Å². The summed E-state index contributed by atoms with van der Waals surface area (Å²) in [6.07, 6.45) is -2.51. The third kappa shape index (κ3) is 7.91. The minimum Gasteiger partial charge on any atom is -0.496 e. The zero-order valence-corrected chi connectivity index (χ0v) is 17.7. The van der Waals surface area contributed by atoms with Gasteiger partial charge in [0.2, 0.25) is 0 Å². The van der Waals surface area contributed by atoms with Gasteiger partial charge in [-0.15, -0.1) is 26.3 Å². The van der Waals surface area contributed by atoms with Crippen LogP contribution < -0.4 is 14.2 Å². The molecule has 0 N–H and O–H groups in total. The Labute approximate surface area is 191 Å². The van der Waals surface area contributed by atoms with Gasteiger partial charge in [-0.3, -0.25) is 0 Å². The van der Waals surface area contributed by atoms with Crippen molar-refractivity contribution in [1.29, 1.82) is 0 Å². The summed E-state index contributed by atoms with van der Waals surface area (Å²) in [5.41, 5.74) is 2.87. The van der Waals surface area contributed by atoms with Crippen LogP contribution in [0.4, 0.5) is 26.3 Å². The Balaban J connectivity index is 1.68. The number of rotatable bonds is 7. The molecular formula is C25H18F6O3. The molecule has 0 aliphatic carbocycles. The van der Waals surface area contributed by atoms with E-state index in [1.165, 1.54) is 55.6 Å². The van der Waals surface area contributed by atoms with Gasteiger partial charge in [0.25, 0.3) is 0 Å². The second kappa shape index (κ2) is 10.4. The number of hydrogen-bond donors (Lipinski definition) is 0. The van der Waals surface area contributed by atoms with Crippen molar-refractivity contribution in [2.24, 2.45) is 0 Å². The molecule has 0 atom stereocenters. The second-order valence-electron chi connectivity index (χ2n) is 6.90. The zero-order valence-electron chi connectivity index (χ0n) is 17.7. The predicted octanol–water partition coefficient (Wildman–Crippen LogP) is 7.83. The van der Waals surface area contributed by atoms with Crippen molar-refractivity contribution in [2.45, 2.75) is 12.7 Å². The molecule has 9 heteroatoms. The van der Waals surface area contributed by atoms with E-state index in [0.29, 0.717) is 16.9 Å². The summed E-state index contributed by atoms with van der Waals surface area (Å²) in [4.78, 5) is 0. The van der Waals surface area contributed by atoms with Crippen LogP contribution in [0.5, 0.6) is 17.2 Å². The molecule has 0 aromatic heterocycles. The quantitative estimate of drug-likeness (QED) is 0.255. The molecule has 0 saturated carbocycles. The SMILES string of the molecule is COc1cc(/C=C/c2ccc(OC(F)(F)F)cc2)ccc1/C=C/c1ccc(OC(F)(F)F)cc1. The summed E-state index contributed by atoms with van der Waals surface area (Å²) in [5, 5.41) is 0. The average Bonchev–Trinajstić information content (AvgIpc) is 2.76. The Morgan fingerprint density at radius 1 is 0.559 bits per heavy atom. The van der Waals surface area contributed by atoms with E-state index in [1.807, 2.05) is 6.07 Å². The van der Waals surface area contributed by atoms with E-state index in [2.05, 4.69) is 9.47 Å². The van der Waals surface area contributed by atoms with Crippen LogP contribution in [0.15, 0.2) is 66.7 Å². The number of hydrogen-bond acceptors (Lipinski definition) is 3. The molecule has 0 aliphatic heterocycles. The Morgan fingerprint density at radius 3 is 1.41 bits per heavy atom. The fourth-order valence-corrected chi connectivity index (χ4v) is 2.91. The van der Waals surface area contributed by atoms with Crippen molar-refractivity contribution in [3.8, 4) is 17.2 Å². The first-order chi connectivity index (χ1) is 16.0. The number of alkyl halides is 6. The summed E-state index contributed by atoms with van der Waals surface area (Å²) in [6, 6.07) is 16.3. The van der Waals surface area contributed by atoms with Gasteiger partial charge in [0.1, 0.15) is 17.2 Å². The van der Waals surface area contributed by atoms with Crippen LogP contribution in [0.3, 0.4) is 0 Å². The maximum absolute atomic E-state index is 12.3. The summed E-state index contributed by atoms with van der Waals surface area (Å²) in [6.45, 7) is 0. The molecule has 0 bridgehead atoms. The van der Waals surface area contributed by atoms with Crippen molar-refractivity contribution in [3.05, 3.63) is 89.0 Å². The lowest BCUT2D eigenvalue weighted by molar-refractivity contribution is -0.275. The molecule has 3 aromatic carbocycles. The van der Waals surface area contributed by atoms with E-state index >= 15 is 0 Å². The molecule has 0 unspecified atom stereocenters. The highest BCUT2D eigenvalue weighted by molar-refractivity contribution is 5.76. The van der Waals surface area contributed by atoms with E-state index in [0.717, 1.165) is 11.1 Å². The highest BCUT2D eigenvalue weighted by atomic mass is 19.4. The normalized spacial score (nSPS) is 12.3. The van der Waals surface area contributed by atoms with Crippen molar-refractivity contribution >= 4 is 24.3 Å². The maximum Gasteiger partial charge on any atom is 0.573 e. The molecule has 0 amide bonds. The van der Waals surface area contributed by atoms with E-state index in [4.69, 9.17) is 4.74 Å². The van der Waals surface area contributed by atoms with Crippen molar-refractivity contribution < 1.29 is 40.6 Å². The first-order valence-electron chi connectivity index (χ1n) is 9.76. The molecule has 0 heterocycles. The fraction of sp³-hybridized carbons (Fsp3) is 0.120. The van der Waals surface area contributed by atoms with E-state index in [1.54, 1.807) is 36.4 Å². The number of methoxy groups -OCH3 is 1. The Morgan fingerprint density at radius 2 is 0.971 bits per heavy atom. The van der Waals surface area contributed by atoms with E-state index < -0.39 is 12.7 Å². The Bertz CT molecular complexity index is 1150. The molecule has 34 heavy (non-hydrogen) atoms. The van der Waals surface area contributed by atoms with Crippen molar-refractivity contribution in [2.75, 3.05) is 7.11 Å². The van der Waals surface area contributed by atoms with Crippen LogP contribution in [-0.4, -0.2) is 19.8 Å². The van der Waals surface area contributed by atoms with Crippen LogP contribution in [0.25, 0.3) is 24.3 Å². The van der Waals surface area contributed by atoms with Gasteiger partial charge in [-0.05, 0) is 47.0 Å². The number of halogens is 6. The standard InChI is InChI=1S/C25H18F6O3/c1-32-23-16-19(3-2-17-6-12-21(13-7-17)33-24(26,27)28)5-11-20(23)10-4-18-8-14-22(15-9-18)34-25(29,30)31/h2-16H,1H3/b3-2+,10-4+. The summed E-state index contributed by atoms with van der Waals surface area (Å²) in [7, 11) is 1.50. The lowest BCUT2D eigenvalue weighted by atomic mass is 10.1. The third-order valence-electron chi connectivity index (χ3n) is 4.41. The highest BCUT2D eigenvalue weighted by Crippen LogP contribution is 2.27. The molecule has 3 rings (SSSR count). The van der Waals surface area contributed by atoms with Crippen LogP contribution in [0.1, 0.15) is 22.3 Å². The molecule has 0 spiro atoms. The van der Waals surface area contributed by atoms with Crippen molar-refractivity contribution in [1.82, 2.24) is 0 Å². The van der Waals surface area contributed by atoms with Crippen LogP contribution in [0, 0.1) is 0 Å². The van der Waals surface area contributed by atoms with Crippen molar-refractivity contribution in [3.63, 3.8) is 0 Å². The number of benzene rings is 3. The topological polar surface area (TPSA) is 27.7 Å². The molecular weight excluding hydrogens is 462 g/mol. The molecule has 3 nitrogen and oxygen atoms in total. The minimum absolute atomic E-state index is 0.301. The highest BCUT2D eigenvalue weighted by Gasteiger charge is 2.31. The molecule has 0 saturated heterocycles. The first-order valence-corrected chi connectivity index (χ1v) is 9.76. The Hall–Kier alpha value is -3.88. The largest absolute Gasteiger partial charge is 0.573 e. The lowest BCUT2D eigenvalue weighted by Crippen LogP contribution is -2.16. The van der Waals surface area contributed by atoms with E-state index in [-0.39, 0.29) is 11.5 Å². The van der Waals surface area contributed by atoms with Gasteiger partial charge >= 0.3 is 12.7 Å². The summed E-state index contributed by atoms with van der Waals surface area (Å²) >= 11 is 0. The smallest absolute Gasteiger partial charge is 0.496 e. The first kappa shape index (κ1) is 24.8. The maximum atomic E-state index is 12.3. The molecule has 0 aliphatic rings. The summed E-state index contributed by atoms with van der Waals surface area (Å²) in [5.74, 6) is -0.0461. The van der Waals surface area contributed by atoms with Gasteiger partial charge in [-0.2, -0.15) is 0 Å². The van der Waals surface area contributed by atoms with Crippen LogP contribution in [0.2, 0.25) is 0 Å². The average molecular weight is 480 g/mol. The van der Waals surface area contributed by atoms with Gasteiger partial charge in [0.15, 0.2) is 0 Å². The van der Waals surface area contributed by atoms with Crippen LogP contribution >= 0.6 is 0 Å². The van der Waals surface area contributed by atoms with E-state index in [9.17, 15) is 26.3 Å². The molecule has 178 valence electrons. The Kier molecular flexibility index (Phi) is 7.55. The molecule has 3 aromatic rings. The third-order valence-corrected chi connectivity index (χ3v) is 4.41. The molecule has 0 fully saturated rings. The zero-order chi connectivity index (χ0) is 24.8. The fourth-order valence-electron chi connectivity index (χ4n) is 2.91. The lowest BCUT2D eigenvalue weighted by Gasteiger charge is -2.09. The molecule has 0 radical (unpaired) electrons. The minimum atomic E-state index is -4.74. The van der Waals surface area contributed by atoms with Gasteiger partial charge < -0.3 is 14.2 Å².